The Morgan fingerprint density at radius 2 is 2.07 bits per heavy atom. The quantitative estimate of drug-likeness (QED) is 0.339. The van der Waals surface area contributed by atoms with Crippen LogP contribution in [0, 0.1) is 5.92 Å². The molecule has 1 N–H and O–H groups in total. The van der Waals surface area contributed by atoms with Gasteiger partial charge in [-0.1, -0.05) is 0 Å². The summed E-state index contributed by atoms with van der Waals surface area (Å²) in [4.78, 5) is 7.11. The van der Waals surface area contributed by atoms with Gasteiger partial charge in [-0.3, -0.25) is 0 Å². The molecule has 164 valence electrons. The predicted octanol–water partition coefficient (Wildman–Crippen LogP) is 3.85. The average molecular weight is 517 g/mol. The summed E-state index contributed by atoms with van der Waals surface area (Å²) in [7, 11) is 3.84. The third-order valence-electron chi connectivity index (χ3n) is 5.61. The molecule has 1 aromatic rings. The summed E-state index contributed by atoms with van der Waals surface area (Å²) >= 11 is 0. The minimum absolute atomic E-state index is 0. The Labute approximate surface area is 192 Å². The average Bonchev–Trinajstić information content (AvgIpc) is 3.08. The van der Waals surface area contributed by atoms with E-state index in [0.717, 1.165) is 61.7 Å². The van der Waals surface area contributed by atoms with Crippen LogP contribution in [0.15, 0.2) is 17.1 Å². The van der Waals surface area contributed by atoms with Crippen molar-refractivity contribution in [2.75, 3.05) is 40.5 Å². The molecule has 29 heavy (non-hydrogen) atoms. The molecule has 2 aliphatic rings. The first kappa shape index (κ1) is 24.1. The van der Waals surface area contributed by atoms with E-state index in [1.807, 2.05) is 0 Å². The summed E-state index contributed by atoms with van der Waals surface area (Å²) in [6.45, 7) is 8.43. The number of nitrogens with one attached hydrogen (secondary N) is 1. The van der Waals surface area contributed by atoms with E-state index >= 15 is 0 Å². The summed E-state index contributed by atoms with van der Waals surface area (Å²) in [5.74, 6) is 3.55. The van der Waals surface area contributed by atoms with Crippen LogP contribution in [0.4, 0.5) is 0 Å². The van der Waals surface area contributed by atoms with Gasteiger partial charge in [0, 0.05) is 50.9 Å². The molecule has 6 nitrogen and oxygen atoms in total. The molecule has 3 rings (SSSR count). The van der Waals surface area contributed by atoms with Crippen molar-refractivity contribution in [2.24, 2.45) is 10.9 Å². The molecule has 0 spiro atoms. The number of guanidine groups is 1. The summed E-state index contributed by atoms with van der Waals surface area (Å²) in [5, 5.41) is 3.42. The highest BCUT2D eigenvalue weighted by Crippen LogP contribution is 2.35. The summed E-state index contributed by atoms with van der Waals surface area (Å²) < 4.78 is 17.0. The second-order valence-electron chi connectivity index (χ2n) is 7.84. The number of benzene rings is 1. The number of hydrogen-bond donors (Lipinski definition) is 1. The van der Waals surface area contributed by atoms with Gasteiger partial charge in [-0.05, 0) is 51.2 Å². The molecule has 1 saturated heterocycles. The van der Waals surface area contributed by atoms with Gasteiger partial charge in [-0.15, -0.1) is 24.0 Å². The van der Waals surface area contributed by atoms with Crippen LogP contribution in [-0.2, 0) is 17.7 Å². The Morgan fingerprint density at radius 3 is 2.76 bits per heavy atom. The Bertz CT molecular complexity index is 678. The monoisotopic (exact) mass is 517 g/mol. The Kier molecular flexibility index (Phi) is 9.82. The molecule has 0 bridgehead atoms. The van der Waals surface area contributed by atoms with Crippen LogP contribution in [0.5, 0.6) is 11.5 Å². The summed E-state index contributed by atoms with van der Waals surface area (Å²) in [6.07, 6.45) is 4.69. The smallest absolute Gasteiger partial charge is 0.193 e. The Morgan fingerprint density at radius 1 is 1.31 bits per heavy atom. The molecule has 7 heteroatoms. The number of rotatable bonds is 7. The van der Waals surface area contributed by atoms with Gasteiger partial charge in [-0.2, -0.15) is 0 Å². The van der Waals surface area contributed by atoms with Crippen molar-refractivity contribution in [3.63, 3.8) is 0 Å². The predicted molar refractivity (Wildman–Crippen MR) is 128 cm³/mol. The van der Waals surface area contributed by atoms with Crippen LogP contribution >= 0.6 is 24.0 Å². The number of halogens is 1. The van der Waals surface area contributed by atoms with Crippen molar-refractivity contribution in [1.29, 1.82) is 0 Å². The van der Waals surface area contributed by atoms with Crippen LogP contribution in [0.3, 0.4) is 0 Å². The lowest BCUT2D eigenvalue weighted by molar-refractivity contribution is 0.0625. The van der Waals surface area contributed by atoms with E-state index in [1.54, 1.807) is 7.11 Å². The van der Waals surface area contributed by atoms with Gasteiger partial charge in [0.25, 0.3) is 0 Å². The second kappa shape index (κ2) is 11.8. The molecule has 1 atom stereocenters. The van der Waals surface area contributed by atoms with E-state index < -0.39 is 0 Å². The molecule has 2 heterocycles. The first-order valence-corrected chi connectivity index (χ1v) is 10.5. The summed E-state index contributed by atoms with van der Waals surface area (Å²) in [5.41, 5.74) is 2.28. The largest absolute Gasteiger partial charge is 0.496 e. The lowest BCUT2D eigenvalue weighted by Gasteiger charge is -2.27. The van der Waals surface area contributed by atoms with E-state index in [1.165, 1.54) is 24.8 Å². The standard InChI is InChI=1S/C22H35N3O3.HI/c1-5-23-22(25(3)9-6-17-7-10-27-11-8-17)24-15-19-14-21-18(12-16(2)28-21)13-20(19)26-4;/h13-14,16-17H,5-12,15H2,1-4H3,(H,23,24);1H. The number of nitrogens with zero attached hydrogens (tertiary/aromatic N) is 2. The molecule has 1 unspecified atom stereocenters. The van der Waals surface area contributed by atoms with E-state index in [9.17, 15) is 0 Å². The molecule has 1 fully saturated rings. The van der Waals surface area contributed by atoms with Gasteiger partial charge in [0.1, 0.15) is 17.6 Å². The van der Waals surface area contributed by atoms with E-state index in [-0.39, 0.29) is 30.1 Å². The fraction of sp³-hybridized carbons (Fsp3) is 0.682. The highest BCUT2D eigenvalue weighted by molar-refractivity contribution is 14.0. The zero-order valence-electron chi connectivity index (χ0n) is 18.2. The van der Waals surface area contributed by atoms with Crippen LogP contribution in [-0.4, -0.2) is 57.4 Å². The maximum Gasteiger partial charge on any atom is 0.193 e. The first-order chi connectivity index (χ1) is 13.6. The van der Waals surface area contributed by atoms with Crippen molar-refractivity contribution in [3.8, 4) is 11.5 Å². The van der Waals surface area contributed by atoms with Gasteiger partial charge in [0.15, 0.2) is 5.96 Å². The lowest BCUT2D eigenvalue weighted by atomic mass is 9.96. The molecular weight excluding hydrogens is 481 g/mol. The molecule has 0 saturated carbocycles. The van der Waals surface area contributed by atoms with Gasteiger partial charge in [-0.25, -0.2) is 4.99 Å². The van der Waals surface area contributed by atoms with Crippen LogP contribution in [0.25, 0.3) is 0 Å². The van der Waals surface area contributed by atoms with Crippen molar-refractivity contribution in [3.05, 3.63) is 23.3 Å². The lowest BCUT2D eigenvalue weighted by Crippen LogP contribution is -2.40. The van der Waals surface area contributed by atoms with E-state index in [0.29, 0.717) is 6.54 Å². The van der Waals surface area contributed by atoms with Gasteiger partial charge in [0.2, 0.25) is 0 Å². The van der Waals surface area contributed by atoms with Crippen LogP contribution < -0.4 is 14.8 Å². The Hall–Kier alpha value is -1.22. The number of aliphatic imine (C=N–C) groups is 1. The fourth-order valence-corrected chi connectivity index (χ4v) is 3.94. The van der Waals surface area contributed by atoms with E-state index in [2.05, 4.69) is 43.2 Å². The highest BCUT2D eigenvalue weighted by atomic mass is 127. The van der Waals surface area contributed by atoms with Crippen LogP contribution in [0.1, 0.15) is 44.2 Å². The number of methoxy groups -OCH3 is 1. The van der Waals surface area contributed by atoms with Crippen molar-refractivity contribution in [1.82, 2.24) is 10.2 Å². The fourth-order valence-electron chi connectivity index (χ4n) is 3.94. The van der Waals surface area contributed by atoms with Gasteiger partial charge in [0.05, 0.1) is 13.7 Å². The molecule has 1 aromatic carbocycles. The van der Waals surface area contributed by atoms with Crippen molar-refractivity contribution < 1.29 is 14.2 Å². The molecule has 2 aliphatic heterocycles. The molecule has 0 aliphatic carbocycles. The van der Waals surface area contributed by atoms with Crippen LogP contribution in [0.2, 0.25) is 0 Å². The number of fused-ring (bicyclic) bond motifs is 1. The highest BCUT2D eigenvalue weighted by Gasteiger charge is 2.22. The maximum absolute atomic E-state index is 5.91. The SMILES string of the molecule is CCNC(=NCc1cc2c(cc1OC)CC(C)O2)N(C)CCC1CCOCC1.I. The molecule has 0 radical (unpaired) electrons. The molecule has 0 amide bonds. The molecule has 0 aromatic heterocycles. The van der Waals surface area contributed by atoms with Gasteiger partial charge < -0.3 is 24.4 Å². The number of ether oxygens (including phenoxy) is 3. The first-order valence-electron chi connectivity index (χ1n) is 10.5. The number of hydrogen-bond acceptors (Lipinski definition) is 4. The van der Waals surface area contributed by atoms with Crippen molar-refractivity contribution >= 4 is 29.9 Å². The minimum Gasteiger partial charge on any atom is -0.496 e. The van der Waals surface area contributed by atoms with E-state index in [4.69, 9.17) is 19.2 Å². The topological polar surface area (TPSA) is 55.3 Å². The minimum atomic E-state index is 0. The summed E-state index contributed by atoms with van der Waals surface area (Å²) in [6, 6.07) is 4.19. The van der Waals surface area contributed by atoms with Crippen molar-refractivity contribution in [2.45, 2.75) is 52.2 Å². The third-order valence-corrected chi connectivity index (χ3v) is 5.61. The molecular formula is C22H36IN3O3. The zero-order chi connectivity index (χ0) is 19.9. The third kappa shape index (κ3) is 6.64. The zero-order valence-corrected chi connectivity index (χ0v) is 20.5. The normalized spacial score (nSPS) is 19.2. The second-order valence-corrected chi connectivity index (χ2v) is 7.84. The Balaban J connectivity index is 0.00000300. The van der Waals surface area contributed by atoms with Gasteiger partial charge >= 0.3 is 0 Å². The maximum atomic E-state index is 5.91.